The van der Waals surface area contributed by atoms with E-state index in [4.69, 9.17) is 10.3 Å². The van der Waals surface area contributed by atoms with Crippen molar-refractivity contribution >= 4 is 29.9 Å². The molecule has 0 bridgehead atoms. The zero-order chi connectivity index (χ0) is 19.8. The summed E-state index contributed by atoms with van der Waals surface area (Å²) in [5.41, 5.74) is 3.77. The van der Waals surface area contributed by atoms with Crippen LogP contribution in [0.15, 0.2) is 65.8 Å². The lowest BCUT2D eigenvalue weighted by molar-refractivity contribution is 0.464. The Hall–Kier alpha value is -2.86. The van der Waals surface area contributed by atoms with Gasteiger partial charge in [-0.1, -0.05) is 42.5 Å². The van der Waals surface area contributed by atoms with Crippen molar-refractivity contribution in [3.63, 3.8) is 0 Å². The standard InChI is InChI=1S/C22H24N6.HI/c1-3-24-22(26-14-18-9-7-8-17(12-18)13-23)28(2)16-21-25-15-20(27-21)19-10-5-4-6-11-19;/h4-12,15H,3,14,16H2,1-2H3,(H,24,26)(H,25,27);1H. The van der Waals surface area contributed by atoms with E-state index < -0.39 is 0 Å². The van der Waals surface area contributed by atoms with Gasteiger partial charge < -0.3 is 15.2 Å². The molecule has 0 unspecified atom stereocenters. The molecule has 6 nitrogen and oxygen atoms in total. The first-order valence-corrected chi connectivity index (χ1v) is 9.27. The van der Waals surface area contributed by atoms with E-state index in [2.05, 4.69) is 33.5 Å². The highest BCUT2D eigenvalue weighted by atomic mass is 127. The molecule has 7 heteroatoms. The smallest absolute Gasteiger partial charge is 0.194 e. The van der Waals surface area contributed by atoms with Gasteiger partial charge in [0.25, 0.3) is 0 Å². The molecule has 0 saturated carbocycles. The van der Waals surface area contributed by atoms with Gasteiger partial charge in [0.2, 0.25) is 0 Å². The number of aliphatic imine (C=N–C) groups is 1. The molecule has 0 saturated heterocycles. The molecule has 29 heavy (non-hydrogen) atoms. The lowest BCUT2D eigenvalue weighted by Crippen LogP contribution is -2.38. The number of aromatic amines is 1. The summed E-state index contributed by atoms with van der Waals surface area (Å²) in [6.45, 7) is 3.93. The second-order valence-corrected chi connectivity index (χ2v) is 6.45. The van der Waals surface area contributed by atoms with Crippen molar-refractivity contribution in [3.8, 4) is 17.3 Å². The van der Waals surface area contributed by atoms with Gasteiger partial charge in [0.05, 0.1) is 36.6 Å². The molecule has 3 rings (SSSR count). The number of benzene rings is 2. The molecule has 3 aromatic rings. The number of aromatic nitrogens is 2. The van der Waals surface area contributed by atoms with Gasteiger partial charge in [-0.05, 0) is 30.2 Å². The Morgan fingerprint density at radius 3 is 2.72 bits per heavy atom. The van der Waals surface area contributed by atoms with Crippen molar-refractivity contribution in [2.45, 2.75) is 20.0 Å². The number of hydrogen-bond donors (Lipinski definition) is 2. The molecule has 150 valence electrons. The van der Waals surface area contributed by atoms with E-state index in [9.17, 15) is 0 Å². The van der Waals surface area contributed by atoms with Crippen LogP contribution in [0.2, 0.25) is 0 Å². The predicted molar refractivity (Wildman–Crippen MR) is 127 cm³/mol. The quantitative estimate of drug-likeness (QED) is 0.303. The lowest BCUT2D eigenvalue weighted by atomic mass is 10.1. The second-order valence-electron chi connectivity index (χ2n) is 6.45. The first kappa shape index (κ1) is 22.4. The summed E-state index contributed by atoms with van der Waals surface area (Å²) in [6.07, 6.45) is 1.86. The number of guanidine groups is 1. The van der Waals surface area contributed by atoms with Crippen LogP contribution in [0.25, 0.3) is 11.3 Å². The van der Waals surface area contributed by atoms with Gasteiger partial charge in [0.15, 0.2) is 5.96 Å². The van der Waals surface area contributed by atoms with Crippen LogP contribution in [0.4, 0.5) is 0 Å². The Labute approximate surface area is 188 Å². The number of halogens is 1. The van der Waals surface area contributed by atoms with Crippen LogP contribution in [0, 0.1) is 11.3 Å². The first-order chi connectivity index (χ1) is 13.7. The van der Waals surface area contributed by atoms with Crippen molar-refractivity contribution < 1.29 is 0 Å². The number of nitriles is 1. The summed E-state index contributed by atoms with van der Waals surface area (Å²) >= 11 is 0. The normalized spacial score (nSPS) is 10.7. The van der Waals surface area contributed by atoms with E-state index in [1.54, 1.807) is 6.07 Å². The molecule has 0 spiro atoms. The molecule has 2 aromatic carbocycles. The molecule has 0 aliphatic heterocycles. The third-order valence-electron chi connectivity index (χ3n) is 4.26. The number of nitrogens with one attached hydrogen (secondary N) is 2. The molecule has 0 fully saturated rings. The number of imidazole rings is 1. The van der Waals surface area contributed by atoms with Gasteiger partial charge in [-0.2, -0.15) is 5.26 Å². The summed E-state index contributed by atoms with van der Waals surface area (Å²) < 4.78 is 0. The van der Waals surface area contributed by atoms with Gasteiger partial charge in [-0.3, -0.25) is 0 Å². The average Bonchev–Trinajstić information content (AvgIpc) is 3.20. The van der Waals surface area contributed by atoms with Crippen molar-refractivity contribution in [1.29, 1.82) is 5.26 Å². The van der Waals surface area contributed by atoms with Gasteiger partial charge in [-0.15, -0.1) is 24.0 Å². The number of rotatable bonds is 6. The first-order valence-electron chi connectivity index (χ1n) is 9.27. The SMILES string of the molecule is CCNC(=NCc1cccc(C#N)c1)N(C)Cc1ncc(-c2ccccc2)[nH]1.I. The largest absolute Gasteiger partial charge is 0.357 e. The van der Waals surface area contributed by atoms with Gasteiger partial charge in [-0.25, -0.2) is 9.98 Å². The summed E-state index contributed by atoms with van der Waals surface area (Å²) in [7, 11) is 1.98. The molecule has 2 N–H and O–H groups in total. The summed E-state index contributed by atoms with van der Waals surface area (Å²) in [5, 5.41) is 12.4. The van der Waals surface area contributed by atoms with Crippen molar-refractivity contribution in [2.75, 3.05) is 13.6 Å². The minimum absolute atomic E-state index is 0. The topological polar surface area (TPSA) is 80.1 Å². The molecule has 0 radical (unpaired) electrons. The molecule has 0 aliphatic rings. The molecule has 0 atom stereocenters. The maximum atomic E-state index is 9.04. The highest BCUT2D eigenvalue weighted by molar-refractivity contribution is 14.0. The van der Waals surface area contributed by atoms with Crippen molar-refractivity contribution in [2.24, 2.45) is 4.99 Å². The number of H-pyrrole nitrogens is 1. The summed E-state index contributed by atoms with van der Waals surface area (Å²) in [6, 6.07) is 19.8. The van der Waals surface area contributed by atoms with Crippen LogP contribution in [0.1, 0.15) is 23.9 Å². The highest BCUT2D eigenvalue weighted by Crippen LogP contribution is 2.16. The van der Waals surface area contributed by atoms with Crippen LogP contribution >= 0.6 is 24.0 Å². The van der Waals surface area contributed by atoms with E-state index in [-0.39, 0.29) is 24.0 Å². The Bertz CT molecular complexity index is 974. The Morgan fingerprint density at radius 2 is 2.00 bits per heavy atom. The van der Waals surface area contributed by atoms with E-state index >= 15 is 0 Å². The van der Waals surface area contributed by atoms with E-state index in [1.165, 1.54) is 0 Å². The molecular weight excluding hydrogens is 475 g/mol. The van der Waals surface area contributed by atoms with Crippen molar-refractivity contribution in [3.05, 3.63) is 77.7 Å². The van der Waals surface area contributed by atoms with E-state index in [1.807, 2.05) is 61.5 Å². The molecular formula is C22H25IN6. The highest BCUT2D eigenvalue weighted by Gasteiger charge is 2.10. The molecule has 0 aliphatic carbocycles. The minimum atomic E-state index is 0. The fourth-order valence-corrected chi connectivity index (χ4v) is 2.88. The van der Waals surface area contributed by atoms with Gasteiger partial charge in [0.1, 0.15) is 5.82 Å². The third kappa shape index (κ3) is 6.32. The molecule has 0 amide bonds. The van der Waals surface area contributed by atoms with Crippen LogP contribution in [0.3, 0.4) is 0 Å². The van der Waals surface area contributed by atoms with Gasteiger partial charge >= 0.3 is 0 Å². The Morgan fingerprint density at radius 1 is 1.21 bits per heavy atom. The van der Waals surface area contributed by atoms with Crippen LogP contribution in [-0.2, 0) is 13.1 Å². The van der Waals surface area contributed by atoms with E-state index in [0.29, 0.717) is 18.7 Å². The predicted octanol–water partition coefficient (Wildman–Crippen LogP) is 4.16. The lowest BCUT2D eigenvalue weighted by Gasteiger charge is -2.21. The Kier molecular flexibility index (Phi) is 8.68. The second kappa shape index (κ2) is 11.2. The summed E-state index contributed by atoms with van der Waals surface area (Å²) in [5.74, 6) is 1.67. The maximum absolute atomic E-state index is 9.04. The molecule has 1 heterocycles. The zero-order valence-electron chi connectivity index (χ0n) is 16.6. The third-order valence-corrected chi connectivity index (χ3v) is 4.26. The minimum Gasteiger partial charge on any atom is -0.357 e. The van der Waals surface area contributed by atoms with Gasteiger partial charge in [0, 0.05) is 13.6 Å². The monoisotopic (exact) mass is 500 g/mol. The summed E-state index contributed by atoms with van der Waals surface area (Å²) in [4.78, 5) is 14.6. The van der Waals surface area contributed by atoms with Crippen LogP contribution in [-0.4, -0.2) is 34.4 Å². The van der Waals surface area contributed by atoms with E-state index in [0.717, 1.165) is 35.1 Å². The number of nitrogens with zero attached hydrogens (tertiary/aromatic N) is 4. The van der Waals surface area contributed by atoms with Crippen LogP contribution < -0.4 is 5.32 Å². The number of hydrogen-bond acceptors (Lipinski definition) is 3. The van der Waals surface area contributed by atoms with Crippen LogP contribution in [0.5, 0.6) is 0 Å². The maximum Gasteiger partial charge on any atom is 0.194 e. The van der Waals surface area contributed by atoms with Crippen molar-refractivity contribution in [1.82, 2.24) is 20.2 Å². The molecule has 1 aromatic heterocycles. The zero-order valence-corrected chi connectivity index (χ0v) is 18.9. The fourth-order valence-electron chi connectivity index (χ4n) is 2.88. The average molecular weight is 500 g/mol. The Balaban J connectivity index is 0.00000300. The fraction of sp³-hybridized carbons (Fsp3) is 0.227.